The van der Waals surface area contributed by atoms with Crippen molar-refractivity contribution in [2.24, 2.45) is 0 Å². The van der Waals surface area contributed by atoms with Gasteiger partial charge in [0.05, 0.1) is 13.2 Å². The van der Waals surface area contributed by atoms with Crippen molar-refractivity contribution >= 4 is 18.3 Å². The first kappa shape index (κ1) is 16.4. The number of benzene rings is 1. The summed E-state index contributed by atoms with van der Waals surface area (Å²) in [6.45, 7) is 6.82. The third-order valence-corrected chi connectivity index (χ3v) is 3.78. The Morgan fingerprint density at radius 1 is 1.14 bits per heavy atom. The topological polar surface area (TPSA) is 54.9 Å². The minimum Gasteiger partial charge on any atom is -0.496 e. The maximum absolute atomic E-state index is 9.51. The number of allylic oxidation sites excluding steroid dienone is 3. The Labute approximate surface area is 136 Å². The van der Waals surface area contributed by atoms with Crippen molar-refractivity contribution in [1.29, 1.82) is 0 Å². The second kappa shape index (κ2) is 7.34. The Morgan fingerprint density at radius 3 is 2.32 bits per heavy atom. The fraction of sp³-hybridized carbons (Fsp3) is 0.353. The lowest BCUT2D eigenvalue weighted by Gasteiger charge is -2.23. The van der Waals surface area contributed by atoms with Crippen LogP contribution < -0.4 is 0 Å². The van der Waals surface area contributed by atoms with Crippen molar-refractivity contribution in [1.82, 2.24) is 0 Å². The van der Waals surface area contributed by atoms with E-state index in [2.05, 4.69) is 17.4 Å². The Bertz CT molecular complexity index is 656. The van der Waals surface area contributed by atoms with Gasteiger partial charge in [-0.15, -0.1) is 12.6 Å². The van der Waals surface area contributed by atoms with E-state index in [1.165, 1.54) is 0 Å². The van der Waals surface area contributed by atoms with Crippen LogP contribution in [0, 0.1) is 6.92 Å². The SMILES string of the molecule is CCOC1=CC(S)=C(OCC)C(c2ccc(C)cc2)C1=[N+]=[N-]. The van der Waals surface area contributed by atoms with Gasteiger partial charge >= 0.3 is 5.71 Å². The zero-order valence-corrected chi connectivity index (χ0v) is 13.9. The van der Waals surface area contributed by atoms with Gasteiger partial charge in [-0.05, 0) is 26.3 Å². The maximum Gasteiger partial charge on any atom is 0.348 e. The van der Waals surface area contributed by atoms with E-state index in [4.69, 9.17) is 9.47 Å². The van der Waals surface area contributed by atoms with Crippen LogP contribution in [-0.4, -0.2) is 23.7 Å². The van der Waals surface area contributed by atoms with E-state index in [0.29, 0.717) is 35.3 Å². The second-order valence-corrected chi connectivity index (χ2v) is 5.43. The summed E-state index contributed by atoms with van der Waals surface area (Å²) >= 11 is 4.51. The van der Waals surface area contributed by atoms with Crippen molar-refractivity contribution in [3.63, 3.8) is 0 Å². The van der Waals surface area contributed by atoms with Crippen molar-refractivity contribution < 1.29 is 14.3 Å². The summed E-state index contributed by atoms with van der Waals surface area (Å²) in [6, 6.07) is 8.04. The monoisotopic (exact) mass is 316 g/mol. The minimum atomic E-state index is -0.329. The molecule has 0 fully saturated rings. The minimum absolute atomic E-state index is 0.329. The van der Waals surface area contributed by atoms with Gasteiger partial charge in [0.2, 0.25) is 5.76 Å². The summed E-state index contributed by atoms with van der Waals surface area (Å²) in [6.07, 6.45) is 1.73. The first-order valence-corrected chi connectivity index (χ1v) is 7.76. The lowest BCUT2D eigenvalue weighted by molar-refractivity contribution is -0.0154. The molecule has 0 saturated heterocycles. The zero-order valence-electron chi connectivity index (χ0n) is 13.0. The Hall–Kier alpha value is -1.97. The highest BCUT2D eigenvalue weighted by molar-refractivity contribution is 7.84. The molecule has 22 heavy (non-hydrogen) atoms. The molecule has 1 unspecified atom stereocenters. The highest BCUT2D eigenvalue weighted by Gasteiger charge is 2.39. The van der Waals surface area contributed by atoms with Gasteiger partial charge in [0.1, 0.15) is 11.7 Å². The first-order valence-electron chi connectivity index (χ1n) is 7.31. The number of rotatable bonds is 5. The maximum atomic E-state index is 9.51. The fourth-order valence-corrected chi connectivity index (χ4v) is 2.75. The number of thiol groups is 1. The van der Waals surface area contributed by atoms with Crippen molar-refractivity contribution in [3.8, 4) is 0 Å². The van der Waals surface area contributed by atoms with E-state index in [1.54, 1.807) is 6.08 Å². The molecule has 2 rings (SSSR count). The molecule has 0 spiro atoms. The second-order valence-electron chi connectivity index (χ2n) is 4.95. The van der Waals surface area contributed by atoms with Gasteiger partial charge in [-0.25, -0.2) is 0 Å². The number of nitrogens with zero attached hydrogens (tertiary/aromatic N) is 2. The number of hydrogen-bond acceptors (Lipinski definition) is 3. The predicted molar refractivity (Wildman–Crippen MR) is 89.9 cm³/mol. The lowest BCUT2D eigenvalue weighted by Crippen LogP contribution is -2.25. The average molecular weight is 316 g/mol. The molecular formula is C17H20N2O2S. The highest BCUT2D eigenvalue weighted by atomic mass is 32.1. The van der Waals surface area contributed by atoms with Gasteiger partial charge in [-0.1, -0.05) is 29.8 Å². The van der Waals surface area contributed by atoms with Crippen LogP contribution in [-0.2, 0) is 9.47 Å². The molecule has 1 aliphatic carbocycles. The zero-order chi connectivity index (χ0) is 16.1. The molecule has 0 radical (unpaired) electrons. The summed E-state index contributed by atoms with van der Waals surface area (Å²) in [4.78, 5) is 4.15. The Kier molecular flexibility index (Phi) is 5.47. The molecule has 1 atom stereocenters. The Morgan fingerprint density at radius 2 is 1.77 bits per heavy atom. The van der Waals surface area contributed by atoms with E-state index in [1.807, 2.05) is 45.0 Å². The standard InChI is InChI=1S/C17H20N2O2S/c1-4-20-13-10-14(22)17(21-5-2)15(16(13)19-18)12-8-6-11(3)7-9-12/h6-10,15,22H,4-5H2,1-3H3. The summed E-state index contributed by atoms with van der Waals surface area (Å²) in [5, 5.41) is 0. The van der Waals surface area contributed by atoms with Crippen LogP contribution in [0.4, 0.5) is 0 Å². The quantitative estimate of drug-likeness (QED) is 0.509. The fourth-order valence-electron chi connectivity index (χ4n) is 2.44. The summed E-state index contributed by atoms with van der Waals surface area (Å²) in [7, 11) is 0. The largest absolute Gasteiger partial charge is 0.496 e. The first-order chi connectivity index (χ1) is 10.6. The number of ether oxygens (including phenoxy) is 2. The Balaban J connectivity index is 2.57. The van der Waals surface area contributed by atoms with E-state index < -0.39 is 0 Å². The summed E-state index contributed by atoms with van der Waals surface area (Å²) < 4.78 is 11.4. The molecule has 4 nitrogen and oxygen atoms in total. The molecular weight excluding hydrogens is 296 g/mol. The summed E-state index contributed by atoms with van der Waals surface area (Å²) in [5.41, 5.74) is 12.1. The van der Waals surface area contributed by atoms with E-state index in [-0.39, 0.29) is 5.92 Å². The number of hydrogen-bond donors (Lipinski definition) is 1. The van der Waals surface area contributed by atoms with Crippen LogP contribution in [0.1, 0.15) is 30.9 Å². The highest BCUT2D eigenvalue weighted by Crippen LogP contribution is 2.37. The van der Waals surface area contributed by atoms with Crippen molar-refractivity contribution in [2.45, 2.75) is 26.7 Å². The molecule has 0 heterocycles. The third kappa shape index (κ3) is 3.26. The van der Waals surface area contributed by atoms with Crippen LogP contribution in [0.3, 0.4) is 0 Å². The average Bonchev–Trinajstić information content (AvgIpc) is 2.51. The van der Waals surface area contributed by atoms with Crippen molar-refractivity contribution in [2.75, 3.05) is 13.2 Å². The molecule has 1 aliphatic rings. The van der Waals surface area contributed by atoms with E-state index in [0.717, 1.165) is 11.1 Å². The molecule has 0 N–H and O–H groups in total. The molecule has 0 amide bonds. The van der Waals surface area contributed by atoms with Gasteiger partial charge in [0, 0.05) is 11.0 Å². The molecule has 116 valence electrons. The van der Waals surface area contributed by atoms with Gasteiger partial charge in [-0.2, -0.15) is 4.79 Å². The lowest BCUT2D eigenvalue weighted by atomic mass is 9.87. The van der Waals surface area contributed by atoms with Crippen LogP contribution in [0.25, 0.3) is 5.53 Å². The molecule has 0 aliphatic heterocycles. The van der Waals surface area contributed by atoms with Crippen molar-refractivity contribution in [3.05, 3.63) is 63.4 Å². The van der Waals surface area contributed by atoms with Gasteiger partial charge in [0.15, 0.2) is 0 Å². The van der Waals surface area contributed by atoms with Gasteiger partial charge in [-0.3, -0.25) is 0 Å². The van der Waals surface area contributed by atoms with Crippen LogP contribution in [0.5, 0.6) is 0 Å². The van der Waals surface area contributed by atoms with Gasteiger partial charge in [0.25, 0.3) is 0 Å². The van der Waals surface area contributed by atoms with E-state index >= 15 is 0 Å². The molecule has 1 aromatic rings. The smallest absolute Gasteiger partial charge is 0.348 e. The normalized spacial score (nSPS) is 17.9. The van der Waals surface area contributed by atoms with E-state index in [9.17, 15) is 5.53 Å². The van der Waals surface area contributed by atoms with Crippen LogP contribution in [0.2, 0.25) is 0 Å². The molecule has 0 aromatic heterocycles. The molecule has 5 heteroatoms. The molecule has 0 bridgehead atoms. The van der Waals surface area contributed by atoms with Gasteiger partial charge < -0.3 is 15.0 Å². The van der Waals surface area contributed by atoms with Crippen LogP contribution in [0.15, 0.2) is 46.8 Å². The molecule has 0 saturated carbocycles. The summed E-state index contributed by atoms with van der Waals surface area (Å²) in [5.74, 6) is 0.861. The van der Waals surface area contributed by atoms with Crippen LogP contribution >= 0.6 is 12.6 Å². The molecule has 1 aromatic carbocycles. The predicted octanol–water partition coefficient (Wildman–Crippen LogP) is 3.86. The number of aryl methyl sites for hydroxylation is 1. The third-order valence-electron chi connectivity index (χ3n) is 3.43.